The number of anilines is 1. The Labute approximate surface area is 231 Å². The summed E-state index contributed by atoms with van der Waals surface area (Å²) >= 11 is 0. The van der Waals surface area contributed by atoms with Crippen LogP contribution >= 0.6 is 0 Å². The fraction of sp³-hybridized carbons (Fsp3) is 0.333. The highest BCUT2D eigenvalue weighted by Crippen LogP contribution is 2.26. The molecule has 0 unspecified atom stereocenters. The van der Waals surface area contributed by atoms with Crippen molar-refractivity contribution in [2.75, 3.05) is 17.5 Å². The standard InChI is InChI=1S/C30H37N3O5S/c1-5-23(3)31-30(35)24(4)32(21-25-13-9-7-10-14-25)29(34)22-33(26-17-19-27(20-18-26)38-6-2)39(36,37)28-15-11-8-12-16-28/h7-20,23-24H,5-6,21-22H2,1-4H3,(H,31,35)/t23-,24-/m1/s1. The van der Waals surface area contributed by atoms with E-state index in [2.05, 4.69) is 5.32 Å². The second-order valence-electron chi connectivity index (χ2n) is 9.25. The molecule has 8 nitrogen and oxygen atoms in total. The van der Waals surface area contributed by atoms with E-state index in [1.807, 2.05) is 51.1 Å². The first-order chi connectivity index (χ1) is 18.7. The number of ether oxygens (including phenoxy) is 1. The molecule has 208 valence electrons. The highest BCUT2D eigenvalue weighted by atomic mass is 32.2. The summed E-state index contributed by atoms with van der Waals surface area (Å²) in [4.78, 5) is 28.5. The molecular formula is C30H37N3O5S. The van der Waals surface area contributed by atoms with Crippen molar-refractivity contribution in [2.45, 2.75) is 57.6 Å². The monoisotopic (exact) mass is 551 g/mol. The van der Waals surface area contributed by atoms with Crippen LogP contribution in [0.1, 0.15) is 39.7 Å². The number of amides is 2. The minimum atomic E-state index is -4.11. The first kappa shape index (κ1) is 29.7. The minimum Gasteiger partial charge on any atom is -0.494 e. The molecule has 2 atom stereocenters. The maximum atomic E-state index is 13.9. The van der Waals surface area contributed by atoms with Crippen LogP contribution in [0, 0.1) is 0 Å². The molecule has 39 heavy (non-hydrogen) atoms. The SMILES string of the molecule is CCOc1ccc(N(CC(=O)N(Cc2ccccc2)[C@H](C)C(=O)N[C@H](C)CC)S(=O)(=O)c2ccccc2)cc1. The number of sulfonamides is 1. The predicted molar refractivity (Wildman–Crippen MR) is 153 cm³/mol. The molecule has 0 saturated carbocycles. The van der Waals surface area contributed by atoms with E-state index in [1.165, 1.54) is 17.0 Å². The molecule has 0 fully saturated rings. The van der Waals surface area contributed by atoms with Gasteiger partial charge in [0.2, 0.25) is 11.8 Å². The highest BCUT2D eigenvalue weighted by molar-refractivity contribution is 7.92. The Balaban J connectivity index is 2.00. The number of benzene rings is 3. The molecule has 1 N–H and O–H groups in total. The molecule has 3 aromatic carbocycles. The van der Waals surface area contributed by atoms with Crippen molar-refractivity contribution in [1.82, 2.24) is 10.2 Å². The summed E-state index contributed by atoms with van der Waals surface area (Å²) < 4.78 is 34.2. The van der Waals surface area contributed by atoms with E-state index in [9.17, 15) is 18.0 Å². The van der Waals surface area contributed by atoms with Gasteiger partial charge in [-0.25, -0.2) is 8.42 Å². The number of rotatable bonds is 13. The third kappa shape index (κ3) is 7.83. The van der Waals surface area contributed by atoms with Crippen molar-refractivity contribution in [2.24, 2.45) is 0 Å². The molecule has 3 rings (SSSR count). The van der Waals surface area contributed by atoms with Crippen molar-refractivity contribution < 1.29 is 22.7 Å². The molecule has 0 aromatic heterocycles. The number of nitrogens with zero attached hydrogens (tertiary/aromatic N) is 2. The lowest BCUT2D eigenvalue weighted by Crippen LogP contribution is -2.52. The van der Waals surface area contributed by atoms with E-state index in [-0.39, 0.29) is 23.4 Å². The van der Waals surface area contributed by atoms with Crippen LogP contribution in [0.25, 0.3) is 0 Å². The van der Waals surface area contributed by atoms with E-state index >= 15 is 0 Å². The molecule has 3 aromatic rings. The number of carbonyl (C=O) groups is 2. The average Bonchev–Trinajstić information content (AvgIpc) is 2.95. The van der Waals surface area contributed by atoms with Crippen molar-refractivity contribution >= 4 is 27.5 Å². The second kappa shape index (κ2) is 13.8. The topological polar surface area (TPSA) is 96.0 Å². The fourth-order valence-corrected chi connectivity index (χ4v) is 5.39. The largest absolute Gasteiger partial charge is 0.494 e. The van der Waals surface area contributed by atoms with Crippen LogP contribution in [0.15, 0.2) is 89.8 Å². The normalized spacial score (nSPS) is 12.7. The summed E-state index contributed by atoms with van der Waals surface area (Å²) in [5.74, 6) is -0.211. The van der Waals surface area contributed by atoms with Gasteiger partial charge in [-0.3, -0.25) is 13.9 Å². The lowest BCUT2D eigenvalue weighted by molar-refractivity contribution is -0.139. The molecule has 2 amide bonds. The molecule has 0 saturated heterocycles. The Hall–Kier alpha value is -3.85. The third-order valence-electron chi connectivity index (χ3n) is 6.41. The molecule has 0 aliphatic rings. The predicted octanol–water partition coefficient (Wildman–Crippen LogP) is 4.61. The van der Waals surface area contributed by atoms with Crippen molar-refractivity contribution in [3.8, 4) is 5.75 Å². The zero-order chi connectivity index (χ0) is 28.4. The van der Waals surface area contributed by atoms with Crippen LogP contribution in [-0.2, 0) is 26.2 Å². The summed E-state index contributed by atoms with van der Waals surface area (Å²) in [7, 11) is -4.11. The smallest absolute Gasteiger partial charge is 0.264 e. The van der Waals surface area contributed by atoms with E-state index in [0.29, 0.717) is 18.0 Å². The van der Waals surface area contributed by atoms with Crippen molar-refractivity contribution in [3.05, 3.63) is 90.5 Å². The Kier molecular flexibility index (Phi) is 10.5. The van der Waals surface area contributed by atoms with Gasteiger partial charge in [-0.15, -0.1) is 0 Å². The van der Waals surface area contributed by atoms with Gasteiger partial charge >= 0.3 is 0 Å². The van der Waals surface area contributed by atoms with Crippen LogP contribution in [-0.4, -0.2) is 50.4 Å². The van der Waals surface area contributed by atoms with Gasteiger partial charge in [0, 0.05) is 12.6 Å². The van der Waals surface area contributed by atoms with Crippen molar-refractivity contribution in [3.63, 3.8) is 0 Å². The molecule has 0 heterocycles. The van der Waals surface area contributed by atoms with Gasteiger partial charge in [0.1, 0.15) is 18.3 Å². The minimum absolute atomic E-state index is 0.0591. The number of hydrogen-bond donors (Lipinski definition) is 1. The van der Waals surface area contributed by atoms with Gasteiger partial charge < -0.3 is 15.0 Å². The fourth-order valence-electron chi connectivity index (χ4n) is 3.95. The average molecular weight is 552 g/mol. The Morgan fingerprint density at radius 1 is 0.872 bits per heavy atom. The van der Waals surface area contributed by atoms with Gasteiger partial charge in [0.15, 0.2) is 0 Å². The second-order valence-corrected chi connectivity index (χ2v) is 11.1. The van der Waals surface area contributed by atoms with E-state index in [4.69, 9.17) is 4.74 Å². The van der Waals surface area contributed by atoms with Crippen LogP contribution in [0.4, 0.5) is 5.69 Å². The Morgan fingerprint density at radius 2 is 1.46 bits per heavy atom. The summed E-state index contributed by atoms with van der Waals surface area (Å²) in [5, 5.41) is 2.93. The zero-order valence-corrected chi connectivity index (χ0v) is 23.7. The van der Waals surface area contributed by atoms with E-state index in [1.54, 1.807) is 49.4 Å². The molecule has 0 radical (unpaired) electrons. The third-order valence-corrected chi connectivity index (χ3v) is 8.20. The van der Waals surface area contributed by atoms with Gasteiger partial charge in [-0.1, -0.05) is 55.5 Å². The summed E-state index contributed by atoms with van der Waals surface area (Å²) in [6.07, 6.45) is 0.742. The molecule has 0 aliphatic heterocycles. The van der Waals surface area contributed by atoms with Gasteiger partial charge in [0.25, 0.3) is 10.0 Å². The first-order valence-electron chi connectivity index (χ1n) is 13.1. The van der Waals surface area contributed by atoms with Gasteiger partial charge in [-0.05, 0) is 69.2 Å². The van der Waals surface area contributed by atoms with Crippen molar-refractivity contribution in [1.29, 1.82) is 0 Å². The molecule has 9 heteroatoms. The highest BCUT2D eigenvalue weighted by Gasteiger charge is 2.32. The lowest BCUT2D eigenvalue weighted by atomic mass is 10.1. The molecule has 0 bridgehead atoms. The quantitative estimate of drug-likeness (QED) is 0.335. The Morgan fingerprint density at radius 3 is 2.03 bits per heavy atom. The summed E-state index contributed by atoms with van der Waals surface area (Å²) in [6, 6.07) is 23.0. The summed E-state index contributed by atoms with van der Waals surface area (Å²) in [5.41, 5.74) is 1.14. The molecular weight excluding hydrogens is 514 g/mol. The number of carbonyl (C=O) groups excluding carboxylic acids is 2. The van der Waals surface area contributed by atoms with Crippen LogP contribution in [0.3, 0.4) is 0 Å². The number of hydrogen-bond acceptors (Lipinski definition) is 5. The van der Waals surface area contributed by atoms with Crippen LogP contribution in [0.5, 0.6) is 5.75 Å². The molecule has 0 aliphatic carbocycles. The zero-order valence-electron chi connectivity index (χ0n) is 22.9. The first-order valence-corrected chi connectivity index (χ1v) is 14.6. The Bertz CT molecular complexity index is 1320. The number of nitrogens with one attached hydrogen (secondary N) is 1. The van der Waals surface area contributed by atoms with Gasteiger partial charge in [0.05, 0.1) is 17.2 Å². The van der Waals surface area contributed by atoms with Gasteiger partial charge in [-0.2, -0.15) is 0 Å². The lowest BCUT2D eigenvalue weighted by Gasteiger charge is -2.32. The van der Waals surface area contributed by atoms with Crippen LogP contribution in [0.2, 0.25) is 0 Å². The van der Waals surface area contributed by atoms with E-state index < -0.39 is 28.5 Å². The maximum absolute atomic E-state index is 13.9. The molecule has 0 spiro atoms. The summed E-state index contributed by atoms with van der Waals surface area (Å²) in [6.45, 7) is 7.51. The maximum Gasteiger partial charge on any atom is 0.264 e. The van der Waals surface area contributed by atoms with E-state index in [0.717, 1.165) is 16.3 Å². The van der Waals surface area contributed by atoms with Crippen LogP contribution < -0.4 is 14.4 Å².